The topological polar surface area (TPSA) is 43.1 Å². The lowest BCUT2D eigenvalue weighted by Gasteiger charge is -1.97. The first-order valence-electron chi connectivity index (χ1n) is 2.92. The van der Waals surface area contributed by atoms with E-state index < -0.39 is 33.9 Å². The molecule has 1 rings (SSSR count). The summed E-state index contributed by atoms with van der Waals surface area (Å²) in [5.74, 6) is -8.07. The van der Waals surface area contributed by atoms with Crippen LogP contribution in [0.15, 0.2) is 6.07 Å². The van der Waals surface area contributed by atoms with Crippen molar-refractivity contribution in [1.29, 1.82) is 0 Å². The van der Waals surface area contributed by atoms with Crippen LogP contribution in [0.2, 0.25) is 0 Å². The van der Waals surface area contributed by atoms with Gasteiger partial charge in [0.1, 0.15) is 0 Å². The summed E-state index contributed by atoms with van der Waals surface area (Å²) in [6.07, 6.45) is 0. The van der Waals surface area contributed by atoms with Crippen LogP contribution in [0.5, 0.6) is 0 Å². The smallest absolute Gasteiger partial charge is 0.258 e. The minimum atomic E-state index is -2.19. The molecule has 7 heteroatoms. The van der Waals surface area contributed by atoms with Crippen LogP contribution >= 0.6 is 0 Å². The Bertz CT molecular complexity index is 379. The van der Waals surface area contributed by atoms with E-state index in [1.165, 1.54) is 0 Å². The number of halogens is 4. The van der Waals surface area contributed by atoms with Crippen LogP contribution in [0.4, 0.5) is 23.2 Å². The van der Waals surface area contributed by atoms with Gasteiger partial charge in [0, 0.05) is 0 Å². The highest BCUT2D eigenvalue weighted by atomic mass is 19.2. The first kappa shape index (κ1) is 9.43. The molecule has 13 heavy (non-hydrogen) atoms. The highest BCUT2D eigenvalue weighted by Crippen LogP contribution is 2.23. The number of nitrogens with zero attached hydrogens (tertiary/aromatic N) is 1. The molecule has 70 valence electrons. The molecule has 0 saturated heterocycles. The van der Waals surface area contributed by atoms with Gasteiger partial charge in [-0.25, -0.2) is 13.2 Å². The van der Waals surface area contributed by atoms with E-state index >= 15 is 0 Å². The Hall–Kier alpha value is -1.66. The van der Waals surface area contributed by atoms with Crippen molar-refractivity contribution in [3.05, 3.63) is 39.4 Å². The Kier molecular flexibility index (Phi) is 2.18. The third-order valence-electron chi connectivity index (χ3n) is 1.28. The molecule has 0 unspecified atom stereocenters. The molecule has 3 nitrogen and oxygen atoms in total. The maximum Gasteiger partial charge on any atom is 0.311 e. The Morgan fingerprint density at radius 1 is 1.08 bits per heavy atom. The predicted octanol–water partition coefficient (Wildman–Crippen LogP) is 2.15. The average Bonchev–Trinajstić information content (AvgIpc) is 2.07. The molecule has 0 N–H and O–H groups in total. The molecule has 0 amide bonds. The van der Waals surface area contributed by atoms with E-state index in [2.05, 4.69) is 0 Å². The summed E-state index contributed by atoms with van der Waals surface area (Å²) in [6.45, 7) is 0. The lowest BCUT2D eigenvalue weighted by Crippen LogP contribution is -2.01. The molecular weight excluding hydrogens is 194 g/mol. The second-order valence-electron chi connectivity index (χ2n) is 2.08. The molecule has 0 radical (unpaired) electrons. The molecule has 0 spiro atoms. The number of benzene rings is 1. The van der Waals surface area contributed by atoms with E-state index in [9.17, 15) is 27.7 Å². The van der Waals surface area contributed by atoms with Crippen molar-refractivity contribution in [3.63, 3.8) is 0 Å². The molecule has 0 saturated carbocycles. The summed E-state index contributed by atoms with van der Waals surface area (Å²) in [7, 11) is 0. The Morgan fingerprint density at radius 2 is 1.62 bits per heavy atom. The van der Waals surface area contributed by atoms with Gasteiger partial charge in [-0.05, 0) is 0 Å². The molecule has 0 aliphatic carbocycles. The summed E-state index contributed by atoms with van der Waals surface area (Å²) in [4.78, 5) is 8.60. The van der Waals surface area contributed by atoms with Crippen molar-refractivity contribution in [2.45, 2.75) is 0 Å². The van der Waals surface area contributed by atoms with Crippen LogP contribution in [0, 0.1) is 33.4 Å². The molecule has 0 heterocycles. The van der Waals surface area contributed by atoms with Crippen LogP contribution in [0.1, 0.15) is 0 Å². The van der Waals surface area contributed by atoms with Gasteiger partial charge < -0.3 is 0 Å². The van der Waals surface area contributed by atoms with Gasteiger partial charge in [-0.2, -0.15) is 4.39 Å². The minimum absolute atomic E-state index is 0.0201. The zero-order valence-electron chi connectivity index (χ0n) is 5.85. The van der Waals surface area contributed by atoms with Gasteiger partial charge >= 0.3 is 5.69 Å². The fourth-order valence-corrected chi connectivity index (χ4v) is 0.693. The zero-order chi connectivity index (χ0) is 10.2. The van der Waals surface area contributed by atoms with Crippen molar-refractivity contribution in [3.8, 4) is 0 Å². The maximum absolute atomic E-state index is 12.5. The van der Waals surface area contributed by atoms with Crippen molar-refractivity contribution in [2.75, 3.05) is 0 Å². The third kappa shape index (κ3) is 1.44. The summed E-state index contributed by atoms with van der Waals surface area (Å²) in [5, 5.41) is 9.95. The molecule has 0 atom stereocenters. The molecule has 0 aliphatic rings. The van der Waals surface area contributed by atoms with Crippen LogP contribution < -0.4 is 0 Å². The lowest BCUT2D eigenvalue weighted by molar-refractivity contribution is -0.388. The number of hydrogen-bond acceptors (Lipinski definition) is 2. The lowest BCUT2D eigenvalue weighted by atomic mass is 10.3. The molecule has 0 bridgehead atoms. The van der Waals surface area contributed by atoms with Crippen molar-refractivity contribution >= 4 is 5.69 Å². The van der Waals surface area contributed by atoms with Gasteiger partial charge in [-0.1, -0.05) is 0 Å². The van der Waals surface area contributed by atoms with Gasteiger partial charge in [-0.15, -0.1) is 0 Å². The standard InChI is InChI=1S/C6HF4NO2/c7-2-1-3(11(12)13)5(9)6(10)4(2)8/h1H. The first-order chi connectivity index (χ1) is 5.95. The van der Waals surface area contributed by atoms with Gasteiger partial charge in [0.25, 0.3) is 0 Å². The average molecular weight is 195 g/mol. The van der Waals surface area contributed by atoms with Gasteiger partial charge in [0.15, 0.2) is 11.6 Å². The predicted molar refractivity (Wildman–Crippen MR) is 32.9 cm³/mol. The SMILES string of the molecule is O=[N+]([O-])c1cc(F)c(F)c(F)c1F. The molecule has 0 aromatic heterocycles. The third-order valence-corrected chi connectivity index (χ3v) is 1.28. The van der Waals surface area contributed by atoms with E-state index in [1.54, 1.807) is 0 Å². The quantitative estimate of drug-likeness (QED) is 0.226. The number of nitro groups is 1. The van der Waals surface area contributed by atoms with Gasteiger partial charge in [0.05, 0.1) is 11.0 Å². The first-order valence-corrected chi connectivity index (χ1v) is 2.92. The normalized spacial score (nSPS) is 10.2. The molecule has 0 aliphatic heterocycles. The Morgan fingerprint density at radius 3 is 2.08 bits per heavy atom. The van der Waals surface area contributed by atoms with Gasteiger partial charge in [0.2, 0.25) is 11.6 Å². The molecule has 1 aromatic carbocycles. The minimum Gasteiger partial charge on any atom is -0.258 e. The van der Waals surface area contributed by atoms with E-state index in [4.69, 9.17) is 0 Å². The molecule has 1 aromatic rings. The van der Waals surface area contributed by atoms with E-state index in [1.807, 2.05) is 0 Å². The highest BCUT2D eigenvalue weighted by molar-refractivity contribution is 5.33. The highest BCUT2D eigenvalue weighted by Gasteiger charge is 2.25. The Labute approximate surface area is 68.7 Å². The fourth-order valence-electron chi connectivity index (χ4n) is 0.693. The zero-order valence-corrected chi connectivity index (χ0v) is 5.85. The summed E-state index contributed by atoms with van der Waals surface area (Å²) in [5.41, 5.74) is -1.43. The fraction of sp³-hybridized carbons (Fsp3) is 0. The Balaban J connectivity index is 3.50. The van der Waals surface area contributed by atoms with Crippen LogP contribution in [-0.2, 0) is 0 Å². The van der Waals surface area contributed by atoms with E-state index in [0.29, 0.717) is 0 Å². The summed E-state index contributed by atoms with van der Waals surface area (Å²) < 4.78 is 49.3. The van der Waals surface area contributed by atoms with E-state index in [0.717, 1.165) is 0 Å². The van der Waals surface area contributed by atoms with Gasteiger partial charge in [-0.3, -0.25) is 10.1 Å². The number of hydrogen-bond donors (Lipinski definition) is 0. The molecular formula is C6HF4NO2. The van der Waals surface area contributed by atoms with Crippen molar-refractivity contribution in [2.24, 2.45) is 0 Å². The monoisotopic (exact) mass is 195 g/mol. The maximum atomic E-state index is 12.5. The van der Waals surface area contributed by atoms with Crippen LogP contribution in [-0.4, -0.2) is 4.92 Å². The van der Waals surface area contributed by atoms with Crippen LogP contribution in [0.3, 0.4) is 0 Å². The van der Waals surface area contributed by atoms with Crippen LogP contribution in [0.25, 0.3) is 0 Å². The number of rotatable bonds is 1. The van der Waals surface area contributed by atoms with Crippen molar-refractivity contribution < 1.29 is 22.5 Å². The summed E-state index contributed by atoms with van der Waals surface area (Å²) >= 11 is 0. The largest absolute Gasteiger partial charge is 0.311 e. The van der Waals surface area contributed by atoms with Crippen molar-refractivity contribution in [1.82, 2.24) is 0 Å². The molecule has 0 fully saturated rings. The second-order valence-corrected chi connectivity index (χ2v) is 2.08. The van der Waals surface area contributed by atoms with E-state index in [-0.39, 0.29) is 6.07 Å². The second kappa shape index (κ2) is 3.00. The summed E-state index contributed by atoms with van der Waals surface area (Å²) in [6, 6.07) is -0.0201. The number of nitro benzene ring substituents is 1.